The fraction of sp³-hybridized carbons (Fsp3) is 1.00. The van der Waals surface area contributed by atoms with E-state index < -0.39 is 0 Å². The van der Waals surface area contributed by atoms with Crippen molar-refractivity contribution in [3.8, 4) is 0 Å². The first-order valence-electron chi connectivity index (χ1n) is 7.99. The molecule has 1 heterocycles. The van der Waals surface area contributed by atoms with Crippen LogP contribution in [0.2, 0.25) is 0 Å². The van der Waals surface area contributed by atoms with Crippen molar-refractivity contribution in [3.63, 3.8) is 0 Å². The van der Waals surface area contributed by atoms with Crippen LogP contribution in [0.5, 0.6) is 0 Å². The van der Waals surface area contributed by atoms with Gasteiger partial charge in [0, 0.05) is 23.9 Å². The van der Waals surface area contributed by atoms with Gasteiger partial charge in [0.1, 0.15) is 5.50 Å². The third-order valence-corrected chi connectivity index (χ3v) is 6.78. The SMILES string of the molecule is NC1SC2CCCCC2N1CC1CCCCC1N([O-])O. The maximum absolute atomic E-state index is 11.4. The highest BCUT2D eigenvalue weighted by Crippen LogP contribution is 2.42. The second-order valence-corrected chi connectivity index (χ2v) is 7.89. The molecule has 3 N–H and O–H groups in total. The molecule has 1 aliphatic heterocycles. The number of hydroxylamine groups is 2. The number of hydrogen-bond donors (Lipinski definition) is 2. The van der Waals surface area contributed by atoms with Crippen molar-refractivity contribution in [3.05, 3.63) is 5.21 Å². The standard InChI is InChI=1S/C14H26N3O2S/c15-14-16(12-7-3-4-8-13(12)20-14)9-10-5-1-2-6-11(10)17(18)19/h10-14,18H,1-9,15H2/q-1. The molecule has 5 nitrogen and oxygen atoms in total. The summed E-state index contributed by atoms with van der Waals surface area (Å²) in [6.45, 7) is 0.874. The lowest BCUT2D eigenvalue weighted by atomic mass is 9.83. The maximum Gasteiger partial charge on any atom is 0.106 e. The molecule has 0 bridgehead atoms. The molecule has 0 aromatic rings. The molecule has 0 aromatic carbocycles. The largest absolute Gasteiger partial charge is 0.762 e. The van der Waals surface area contributed by atoms with Gasteiger partial charge in [0.15, 0.2) is 0 Å². The molecule has 116 valence electrons. The Hall–Kier alpha value is 0.150. The van der Waals surface area contributed by atoms with Gasteiger partial charge in [0.2, 0.25) is 0 Å². The van der Waals surface area contributed by atoms with Gasteiger partial charge in [-0.15, -0.1) is 11.8 Å². The number of fused-ring (bicyclic) bond motifs is 1. The third-order valence-electron chi connectivity index (χ3n) is 5.33. The Kier molecular flexibility index (Phi) is 4.90. The second kappa shape index (κ2) is 6.50. The van der Waals surface area contributed by atoms with Crippen LogP contribution in [-0.2, 0) is 0 Å². The van der Waals surface area contributed by atoms with Crippen molar-refractivity contribution in [1.29, 1.82) is 0 Å². The number of hydrogen-bond acceptors (Lipinski definition) is 6. The van der Waals surface area contributed by atoms with E-state index in [4.69, 9.17) is 5.73 Å². The Labute approximate surface area is 125 Å². The maximum atomic E-state index is 11.4. The van der Waals surface area contributed by atoms with Gasteiger partial charge in [-0.05, 0) is 31.6 Å². The van der Waals surface area contributed by atoms with E-state index in [1.54, 1.807) is 0 Å². The van der Waals surface area contributed by atoms with Crippen LogP contribution in [-0.4, -0.2) is 44.7 Å². The molecule has 2 aliphatic carbocycles. The third kappa shape index (κ3) is 3.00. The van der Waals surface area contributed by atoms with Gasteiger partial charge in [-0.2, -0.15) is 0 Å². The summed E-state index contributed by atoms with van der Waals surface area (Å²) in [4.78, 5) is 2.42. The number of nitrogens with zero attached hydrogens (tertiary/aromatic N) is 2. The van der Waals surface area contributed by atoms with Crippen molar-refractivity contribution >= 4 is 11.8 Å². The number of nitrogens with two attached hydrogens (primary N) is 1. The second-order valence-electron chi connectivity index (χ2n) is 6.53. The summed E-state index contributed by atoms with van der Waals surface area (Å²) in [5.41, 5.74) is 6.39. The lowest BCUT2D eigenvalue weighted by Gasteiger charge is -2.43. The molecule has 2 saturated carbocycles. The predicted octanol–water partition coefficient (Wildman–Crippen LogP) is 2.34. The summed E-state index contributed by atoms with van der Waals surface area (Å²) in [5, 5.41) is 21.6. The van der Waals surface area contributed by atoms with Gasteiger partial charge in [-0.1, -0.05) is 25.7 Å². The average Bonchev–Trinajstić information content (AvgIpc) is 2.76. The normalized spacial score (nSPS) is 42.9. The van der Waals surface area contributed by atoms with Crippen molar-refractivity contribution in [2.75, 3.05) is 6.54 Å². The Morgan fingerprint density at radius 3 is 2.65 bits per heavy atom. The highest BCUT2D eigenvalue weighted by molar-refractivity contribution is 8.00. The molecule has 3 fully saturated rings. The van der Waals surface area contributed by atoms with Crippen LogP contribution >= 0.6 is 11.8 Å². The van der Waals surface area contributed by atoms with Crippen LogP contribution in [0.3, 0.4) is 0 Å². The highest BCUT2D eigenvalue weighted by atomic mass is 32.2. The first kappa shape index (κ1) is 15.1. The Morgan fingerprint density at radius 1 is 1.15 bits per heavy atom. The smallest absolute Gasteiger partial charge is 0.106 e. The summed E-state index contributed by atoms with van der Waals surface area (Å²) in [5.74, 6) is 0.263. The average molecular weight is 300 g/mol. The van der Waals surface area contributed by atoms with Crippen LogP contribution in [0.25, 0.3) is 0 Å². The van der Waals surface area contributed by atoms with Crippen LogP contribution in [0.4, 0.5) is 0 Å². The fourth-order valence-electron chi connectivity index (χ4n) is 4.26. The topological polar surface area (TPSA) is 75.8 Å². The van der Waals surface area contributed by atoms with Gasteiger partial charge in [-0.3, -0.25) is 10.1 Å². The predicted molar refractivity (Wildman–Crippen MR) is 81.1 cm³/mol. The molecule has 3 aliphatic rings. The molecular formula is C14H26N3O2S-. The van der Waals surface area contributed by atoms with E-state index in [1.165, 1.54) is 32.1 Å². The molecule has 6 heteroatoms. The van der Waals surface area contributed by atoms with Crippen molar-refractivity contribution in [2.24, 2.45) is 11.7 Å². The molecule has 3 rings (SSSR count). The van der Waals surface area contributed by atoms with E-state index >= 15 is 0 Å². The monoisotopic (exact) mass is 300 g/mol. The summed E-state index contributed by atoms with van der Waals surface area (Å²) in [6, 6.07) is 0.355. The van der Waals surface area contributed by atoms with Gasteiger partial charge >= 0.3 is 0 Å². The number of thioether (sulfide) groups is 1. The first-order valence-corrected chi connectivity index (χ1v) is 8.93. The summed E-state index contributed by atoms with van der Waals surface area (Å²) < 4.78 is 0. The molecular weight excluding hydrogens is 274 g/mol. The minimum Gasteiger partial charge on any atom is -0.762 e. The van der Waals surface area contributed by atoms with Crippen LogP contribution < -0.4 is 5.73 Å². The minimum absolute atomic E-state index is 0.0736. The van der Waals surface area contributed by atoms with Crippen molar-refractivity contribution in [2.45, 2.75) is 74.2 Å². The summed E-state index contributed by atoms with van der Waals surface area (Å²) in [7, 11) is 0. The van der Waals surface area contributed by atoms with Crippen molar-refractivity contribution < 1.29 is 5.21 Å². The van der Waals surface area contributed by atoms with Crippen molar-refractivity contribution in [1.82, 2.24) is 10.1 Å². The zero-order valence-electron chi connectivity index (χ0n) is 12.0. The molecule has 0 radical (unpaired) electrons. The molecule has 0 aromatic heterocycles. The zero-order valence-corrected chi connectivity index (χ0v) is 12.8. The Bertz CT molecular complexity index is 332. The first-order chi connectivity index (χ1) is 9.66. The fourth-order valence-corrected chi connectivity index (χ4v) is 5.80. The van der Waals surface area contributed by atoms with E-state index in [1.807, 2.05) is 11.8 Å². The van der Waals surface area contributed by atoms with Gasteiger partial charge in [0.05, 0.1) is 0 Å². The highest BCUT2D eigenvalue weighted by Gasteiger charge is 2.42. The molecule has 0 spiro atoms. The van der Waals surface area contributed by atoms with E-state index in [-0.39, 0.29) is 22.7 Å². The Balaban J connectivity index is 1.66. The Morgan fingerprint density at radius 2 is 1.85 bits per heavy atom. The van der Waals surface area contributed by atoms with Crippen LogP contribution in [0.1, 0.15) is 51.4 Å². The molecule has 20 heavy (non-hydrogen) atoms. The van der Waals surface area contributed by atoms with Gasteiger partial charge in [-0.25, -0.2) is 0 Å². The summed E-state index contributed by atoms with van der Waals surface area (Å²) in [6.07, 6.45) is 9.21. The van der Waals surface area contributed by atoms with Crippen LogP contribution in [0.15, 0.2) is 0 Å². The minimum atomic E-state index is -0.233. The zero-order chi connectivity index (χ0) is 14.1. The quantitative estimate of drug-likeness (QED) is 0.779. The van der Waals surface area contributed by atoms with Gasteiger partial charge < -0.3 is 16.1 Å². The molecule has 0 amide bonds. The molecule has 5 unspecified atom stereocenters. The lowest BCUT2D eigenvalue weighted by molar-refractivity contribution is -0.111. The lowest BCUT2D eigenvalue weighted by Crippen LogP contribution is -2.50. The van der Waals surface area contributed by atoms with Gasteiger partial charge in [0.25, 0.3) is 0 Å². The molecule has 1 saturated heterocycles. The van der Waals surface area contributed by atoms with E-state index in [0.717, 1.165) is 25.8 Å². The number of rotatable bonds is 3. The van der Waals surface area contributed by atoms with E-state index in [0.29, 0.717) is 11.3 Å². The van der Waals surface area contributed by atoms with Crippen LogP contribution in [0, 0.1) is 11.1 Å². The van der Waals surface area contributed by atoms with E-state index in [9.17, 15) is 10.4 Å². The summed E-state index contributed by atoms with van der Waals surface area (Å²) >= 11 is 1.91. The van der Waals surface area contributed by atoms with E-state index in [2.05, 4.69) is 4.90 Å². The molecule has 5 atom stereocenters.